The number of nitrogens with one attached hydrogen (secondary N) is 2. The molecule has 11 heteroatoms. The maximum Gasteiger partial charge on any atom is 0.305 e. The number of carboxylic acids is 1. The molecule has 1 atom stereocenters. The number of carboxylic acid groups (broad SMARTS) is 1. The van der Waals surface area contributed by atoms with Crippen LogP contribution in [0.25, 0.3) is 0 Å². The topological polar surface area (TPSA) is 132 Å². The molecule has 1 unspecified atom stereocenters. The number of aromatic nitrogens is 1. The van der Waals surface area contributed by atoms with Gasteiger partial charge in [-0.1, -0.05) is 62.2 Å². The summed E-state index contributed by atoms with van der Waals surface area (Å²) in [4.78, 5) is 59.0. The molecule has 2 aromatic carbocycles. The number of aliphatic carboxylic acids is 1. The lowest BCUT2D eigenvalue weighted by Crippen LogP contribution is -2.49. The van der Waals surface area contributed by atoms with Crippen molar-refractivity contribution in [2.75, 3.05) is 36.4 Å². The Morgan fingerprint density at radius 1 is 0.932 bits per heavy atom. The van der Waals surface area contributed by atoms with Gasteiger partial charge in [-0.2, -0.15) is 0 Å². The first-order valence-corrected chi connectivity index (χ1v) is 14.9. The van der Waals surface area contributed by atoms with Crippen LogP contribution in [-0.4, -0.2) is 64.9 Å². The molecular weight excluding hydrogens is 582 g/mol. The van der Waals surface area contributed by atoms with Gasteiger partial charge in [0, 0.05) is 44.4 Å². The Morgan fingerprint density at radius 3 is 2.18 bits per heavy atom. The van der Waals surface area contributed by atoms with E-state index in [0.717, 1.165) is 5.56 Å². The van der Waals surface area contributed by atoms with Gasteiger partial charge in [0.05, 0.1) is 29.4 Å². The molecule has 3 aromatic rings. The minimum atomic E-state index is -1.05. The van der Waals surface area contributed by atoms with Crippen molar-refractivity contribution in [2.45, 2.75) is 46.6 Å². The summed E-state index contributed by atoms with van der Waals surface area (Å²) in [5.74, 6) is -1.85. The standard InChI is InChI=1S/C33H38ClN5O5/c1-21-5-7-22(8-6-21)25(18-30(41)42)36-31(43)23-9-11-27(26(17-23)37-32(44)24-10-12-28(34)35-20-24)38-13-15-39(16-14-38)29(40)19-33(2,3)4/h5-12,17,20,25H,13-16,18-19H2,1-4H3,(H,36,43)(H,37,44)(H,41,42). The van der Waals surface area contributed by atoms with Crippen LogP contribution < -0.4 is 15.5 Å². The van der Waals surface area contributed by atoms with Crippen LogP contribution in [0.15, 0.2) is 60.8 Å². The van der Waals surface area contributed by atoms with Crippen LogP contribution in [0.2, 0.25) is 5.15 Å². The number of anilines is 2. The lowest BCUT2D eigenvalue weighted by Gasteiger charge is -2.38. The molecular formula is C33H38ClN5O5. The van der Waals surface area contributed by atoms with E-state index in [4.69, 9.17) is 11.6 Å². The Bertz CT molecular complexity index is 1510. The SMILES string of the molecule is Cc1ccc(C(CC(=O)O)NC(=O)c2ccc(N3CCN(C(=O)CC(C)(C)C)CC3)c(NC(=O)c3ccc(Cl)nc3)c2)cc1. The van der Waals surface area contributed by atoms with Crippen molar-refractivity contribution in [3.8, 4) is 0 Å². The predicted octanol–water partition coefficient (Wildman–Crippen LogP) is 5.33. The number of hydrogen-bond donors (Lipinski definition) is 3. The minimum Gasteiger partial charge on any atom is -0.481 e. The molecule has 0 bridgehead atoms. The van der Waals surface area contributed by atoms with E-state index in [1.165, 1.54) is 12.3 Å². The van der Waals surface area contributed by atoms with E-state index >= 15 is 0 Å². The van der Waals surface area contributed by atoms with Crippen molar-refractivity contribution >= 4 is 46.7 Å². The monoisotopic (exact) mass is 619 g/mol. The fourth-order valence-corrected chi connectivity index (χ4v) is 5.10. The average molecular weight is 620 g/mol. The summed E-state index contributed by atoms with van der Waals surface area (Å²) >= 11 is 5.89. The van der Waals surface area contributed by atoms with Gasteiger partial charge in [-0.25, -0.2) is 4.98 Å². The maximum absolute atomic E-state index is 13.4. The molecule has 3 amide bonds. The number of benzene rings is 2. The Morgan fingerprint density at radius 2 is 1.59 bits per heavy atom. The highest BCUT2D eigenvalue weighted by molar-refractivity contribution is 6.29. The van der Waals surface area contributed by atoms with Crippen molar-refractivity contribution in [3.63, 3.8) is 0 Å². The van der Waals surface area contributed by atoms with Crippen molar-refractivity contribution in [1.29, 1.82) is 0 Å². The quantitative estimate of drug-likeness (QED) is 0.276. The van der Waals surface area contributed by atoms with Gasteiger partial charge < -0.3 is 25.5 Å². The smallest absolute Gasteiger partial charge is 0.305 e. The van der Waals surface area contributed by atoms with Crippen molar-refractivity contribution < 1.29 is 24.3 Å². The summed E-state index contributed by atoms with van der Waals surface area (Å²) in [5.41, 5.74) is 3.21. The van der Waals surface area contributed by atoms with Crippen LogP contribution in [0, 0.1) is 12.3 Å². The van der Waals surface area contributed by atoms with Crippen LogP contribution in [-0.2, 0) is 9.59 Å². The molecule has 1 saturated heterocycles. The number of nitrogens with zero attached hydrogens (tertiary/aromatic N) is 3. The fourth-order valence-electron chi connectivity index (χ4n) is 4.99. The Kier molecular flexibility index (Phi) is 10.3. The second-order valence-electron chi connectivity index (χ2n) is 12.2. The van der Waals surface area contributed by atoms with E-state index in [9.17, 15) is 24.3 Å². The minimum absolute atomic E-state index is 0.109. The van der Waals surface area contributed by atoms with Gasteiger partial charge in [-0.05, 0) is 48.2 Å². The predicted molar refractivity (Wildman–Crippen MR) is 170 cm³/mol. The van der Waals surface area contributed by atoms with E-state index in [0.29, 0.717) is 49.5 Å². The average Bonchev–Trinajstić information content (AvgIpc) is 2.96. The van der Waals surface area contributed by atoms with Crippen LogP contribution in [0.5, 0.6) is 0 Å². The molecule has 0 spiro atoms. The van der Waals surface area contributed by atoms with Gasteiger partial charge in [-0.15, -0.1) is 0 Å². The number of hydrogen-bond acceptors (Lipinski definition) is 6. The third kappa shape index (κ3) is 8.79. The first-order chi connectivity index (χ1) is 20.8. The fraction of sp³-hybridized carbons (Fsp3) is 0.364. The molecule has 3 N–H and O–H groups in total. The first kappa shape index (κ1) is 32.5. The summed E-state index contributed by atoms with van der Waals surface area (Å²) in [6, 6.07) is 14.6. The zero-order valence-electron chi connectivity index (χ0n) is 25.4. The number of pyridine rings is 1. The highest BCUT2D eigenvalue weighted by Gasteiger charge is 2.27. The molecule has 1 aliphatic rings. The van der Waals surface area contributed by atoms with Gasteiger partial charge in [0.2, 0.25) is 5.91 Å². The zero-order valence-corrected chi connectivity index (χ0v) is 26.1. The summed E-state index contributed by atoms with van der Waals surface area (Å²) in [7, 11) is 0. The summed E-state index contributed by atoms with van der Waals surface area (Å²) in [5, 5.41) is 15.5. The van der Waals surface area contributed by atoms with Crippen LogP contribution in [0.3, 0.4) is 0 Å². The van der Waals surface area contributed by atoms with Gasteiger partial charge in [0.1, 0.15) is 5.15 Å². The van der Waals surface area contributed by atoms with Crippen LogP contribution in [0.4, 0.5) is 11.4 Å². The zero-order chi connectivity index (χ0) is 32.0. The van der Waals surface area contributed by atoms with Crippen LogP contribution in [0.1, 0.15) is 71.5 Å². The number of aryl methyl sites for hydroxylation is 1. The molecule has 2 heterocycles. The summed E-state index contributed by atoms with van der Waals surface area (Å²) in [6.07, 6.45) is 1.53. The molecule has 44 heavy (non-hydrogen) atoms. The third-order valence-corrected chi connectivity index (χ3v) is 7.54. The Balaban J connectivity index is 1.59. The number of amides is 3. The number of carbonyl (C=O) groups is 4. The van der Waals surface area contributed by atoms with Crippen molar-refractivity contribution in [3.05, 3.63) is 88.2 Å². The van der Waals surface area contributed by atoms with Gasteiger partial charge >= 0.3 is 5.97 Å². The van der Waals surface area contributed by atoms with E-state index in [1.807, 2.05) is 44.7 Å². The molecule has 4 rings (SSSR count). The number of piperazine rings is 1. The third-order valence-electron chi connectivity index (χ3n) is 7.31. The molecule has 1 aromatic heterocycles. The Labute approximate surface area is 262 Å². The number of rotatable bonds is 9. The van der Waals surface area contributed by atoms with E-state index in [2.05, 4.69) is 20.5 Å². The molecule has 0 aliphatic carbocycles. The summed E-state index contributed by atoms with van der Waals surface area (Å²) < 4.78 is 0. The molecule has 232 valence electrons. The van der Waals surface area contributed by atoms with Gasteiger partial charge in [0.25, 0.3) is 11.8 Å². The van der Waals surface area contributed by atoms with E-state index in [-0.39, 0.29) is 34.0 Å². The first-order valence-electron chi connectivity index (χ1n) is 14.5. The number of carbonyl (C=O) groups excluding carboxylic acids is 3. The highest BCUT2D eigenvalue weighted by Crippen LogP contribution is 2.30. The van der Waals surface area contributed by atoms with E-state index < -0.39 is 23.8 Å². The molecule has 1 aliphatic heterocycles. The largest absolute Gasteiger partial charge is 0.481 e. The van der Waals surface area contributed by atoms with Crippen molar-refractivity contribution in [1.82, 2.24) is 15.2 Å². The highest BCUT2D eigenvalue weighted by atomic mass is 35.5. The number of halogens is 1. The lowest BCUT2D eigenvalue weighted by atomic mass is 9.91. The molecule has 1 fully saturated rings. The lowest BCUT2D eigenvalue weighted by molar-refractivity contribution is -0.137. The van der Waals surface area contributed by atoms with E-state index in [1.54, 1.807) is 36.4 Å². The molecule has 0 radical (unpaired) electrons. The van der Waals surface area contributed by atoms with Gasteiger partial charge in [0.15, 0.2) is 0 Å². The molecule has 0 saturated carbocycles. The normalized spacial score (nSPS) is 14.1. The second kappa shape index (κ2) is 13.9. The van der Waals surface area contributed by atoms with Gasteiger partial charge in [-0.3, -0.25) is 19.2 Å². The van der Waals surface area contributed by atoms with Crippen molar-refractivity contribution in [2.24, 2.45) is 5.41 Å². The Hall–Kier alpha value is -4.44. The maximum atomic E-state index is 13.4. The second-order valence-corrected chi connectivity index (χ2v) is 12.6. The van der Waals surface area contributed by atoms with Crippen LogP contribution >= 0.6 is 11.6 Å². The molecule has 10 nitrogen and oxygen atoms in total. The summed E-state index contributed by atoms with van der Waals surface area (Å²) in [6.45, 7) is 10.2.